The molecule has 0 radical (unpaired) electrons. The average Bonchev–Trinajstić information content (AvgIpc) is 2.90. The lowest BCUT2D eigenvalue weighted by molar-refractivity contribution is -0.124. The van der Waals surface area contributed by atoms with Gasteiger partial charge in [0.25, 0.3) is 15.6 Å². The Labute approximate surface area is 218 Å². The topological polar surface area (TPSA) is 132 Å². The molecule has 0 saturated carbocycles. The van der Waals surface area contributed by atoms with Crippen LogP contribution in [0.5, 0.6) is 5.88 Å². The van der Waals surface area contributed by atoms with Gasteiger partial charge in [0.15, 0.2) is 0 Å². The van der Waals surface area contributed by atoms with Gasteiger partial charge in [-0.25, -0.2) is 22.8 Å². The Hall–Kier alpha value is -4.32. The van der Waals surface area contributed by atoms with Crippen LogP contribution < -0.4 is 20.3 Å². The third-order valence-electron chi connectivity index (χ3n) is 5.99. The van der Waals surface area contributed by atoms with Crippen molar-refractivity contribution >= 4 is 32.5 Å². The molecular weight excluding hydrogens is 513 g/mol. The van der Waals surface area contributed by atoms with Crippen molar-refractivity contribution in [1.82, 2.24) is 19.9 Å². The molecular formula is C26H26FN5O5S. The number of carbonyl (C=O) groups is 1. The lowest BCUT2D eigenvalue weighted by Crippen LogP contribution is -2.32. The number of ether oxygens (including phenoxy) is 1. The molecule has 38 heavy (non-hydrogen) atoms. The van der Waals surface area contributed by atoms with Crippen LogP contribution >= 0.6 is 0 Å². The van der Waals surface area contributed by atoms with Crippen LogP contribution in [-0.2, 0) is 21.4 Å². The van der Waals surface area contributed by atoms with E-state index in [2.05, 4.69) is 20.0 Å². The van der Waals surface area contributed by atoms with E-state index in [1.54, 1.807) is 32.0 Å². The minimum Gasteiger partial charge on any atom is -0.480 e. The molecule has 0 unspecified atom stereocenters. The first-order valence-electron chi connectivity index (χ1n) is 11.6. The van der Waals surface area contributed by atoms with E-state index < -0.39 is 26.7 Å². The maximum absolute atomic E-state index is 14.3. The predicted molar refractivity (Wildman–Crippen MR) is 141 cm³/mol. The van der Waals surface area contributed by atoms with E-state index in [0.29, 0.717) is 27.6 Å². The number of amides is 1. The fourth-order valence-corrected chi connectivity index (χ4v) is 5.17. The number of anilines is 1. The number of methoxy groups -OCH3 is 1. The van der Waals surface area contributed by atoms with Crippen LogP contribution in [0.15, 0.2) is 64.7 Å². The van der Waals surface area contributed by atoms with Crippen LogP contribution in [0.2, 0.25) is 0 Å². The summed E-state index contributed by atoms with van der Waals surface area (Å²) in [4.78, 5) is 33.1. The molecule has 0 aliphatic heterocycles. The number of pyridine rings is 1. The molecule has 0 aliphatic rings. The van der Waals surface area contributed by atoms with Gasteiger partial charge in [0.1, 0.15) is 16.4 Å². The van der Waals surface area contributed by atoms with Crippen LogP contribution in [0, 0.1) is 18.7 Å². The zero-order chi connectivity index (χ0) is 27.6. The van der Waals surface area contributed by atoms with Gasteiger partial charge in [0.2, 0.25) is 11.8 Å². The number of rotatable bonds is 8. The van der Waals surface area contributed by atoms with Crippen LogP contribution in [0.3, 0.4) is 0 Å². The summed E-state index contributed by atoms with van der Waals surface area (Å²) in [6, 6.07) is 10.3. The number of fused-ring (bicyclic) bond motifs is 1. The van der Waals surface area contributed by atoms with Crippen molar-refractivity contribution in [3.63, 3.8) is 0 Å². The fourth-order valence-electron chi connectivity index (χ4n) is 3.96. The summed E-state index contributed by atoms with van der Waals surface area (Å²) in [7, 11) is -1.45. The molecule has 0 bridgehead atoms. The Morgan fingerprint density at radius 2 is 1.89 bits per heavy atom. The van der Waals surface area contributed by atoms with Gasteiger partial charge < -0.3 is 10.1 Å². The van der Waals surface area contributed by atoms with E-state index >= 15 is 0 Å². The molecule has 1 amide bonds. The molecule has 4 rings (SSSR count). The maximum atomic E-state index is 14.3. The standard InChI is InChI=1S/C26H26FN5O5S/c1-15-5-7-20(27)23(9-15)38(35,36)31-22-11-18(12-29-25(22)37-4)17-6-8-21-19(10-17)26(34)32(14-30-21)13-16(2)24(33)28-3/h5-12,14,16,31H,13H2,1-4H3,(H,28,33)/t16-/m1/s1. The summed E-state index contributed by atoms with van der Waals surface area (Å²) < 4.78 is 49.3. The lowest BCUT2D eigenvalue weighted by Gasteiger charge is -2.14. The van der Waals surface area contributed by atoms with E-state index in [1.807, 2.05) is 0 Å². The van der Waals surface area contributed by atoms with Gasteiger partial charge in [0, 0.05) is 25.4 Å². The molecule has 198 valence electrons. The first-order chi connectivity index (χ1) is 18.0. The normalized spacial score (nSPS) is 12.2. The number of sulfonamides is 1. The first kappa shape index (κ1) is 26.7. The Morgan fingerprint density at radius 3 is 2.61 bits per heavy atom. The summed E-state index contributed by atoms with van der Waals surface area (Å²) in [5.41, 5.74) is 1.74. The van der Waals surface area contributed by atoms with Crippen LogP contribution in [0.4, 0.5) is 10.1 Å². The third kappa shape index (κ3) is 5.35. The molecule has 1 atom stereocenters. The van der Waals surface area contributed by atoms with Crippen molar-refractivity contribution in [3.8, 4) is 17.0 Å². The van der Waals surface area contributed by atoms with Crippen LogP contribution in [-0.4, -0.2) is 43.0 Å². The van der Waals surface area contributed by atoms with Crippen molar-refractivity contribution in [3.05, 3.63) is 76.7 Å². The second kappa shape index (κ2) is 10.6. The molecule has 10 nitrogen and oxygen atoms in total. The summed E-state index contributed by atoms with van der Waals surface area (Å²) in [5.74, 6) is -1.55. The SMILES string of the molecule is CNC(=O)[C@H](C)Cn1cnc2ccc(-c3cnc(OC)c(NS(=O)(=O)c4cc(C)ccc4F)c3)cc2c1=O. The molecule has 0 spiro atoms. The van der Waals surface area contributed by atoms with E-state index in [-0.39, 0.29) is 29.6 Å². The molecule has 2 heterocycles. The summed E-state index contributed by atoms with van der Waals surface area (Å²) in [5, 5.41) is 2.87. The van der Waals surface area contributed by atoms with Crippen molar-refractivity contribution in [1.29, 1.82) is 0 Å². The third-order valence-corrected chi connectivity index (χ3v) is 7.37. The Bertz CT molecular complexity index is 1700. The lowest BCUT2D eigenvalue weighted by atomic mass is 10.0. The van der Waals surface area contributed by atoms with Gasteiger partial charge in [-0.05, 0) is 48.4 Å². The van der Waals surface area contributed by atoms with E-state index in [1.165, 1.54) is 49.4 Å². The largest absolute Gasteiger partial charge is 0.480 e. The highest BCUT2D eigenvalue weighted by molar-refractivity contribution is 7.92. The minimum atomic E-state index is -4.31. The number of aromatic nitrogens is 3. The van der Waals surface area contributed by atoms with E-state index in [9.17, 15) is 22.4 Å². The minimum absolute atomic E-state index is 0.00555. The molecule has 4 aromatic rings. The quantitative estimate of drug-likeness (QED) is 0.352. The zero-order valence-corrected chi connectivity index (χ0v) is 22.0. The molecule has 0 saturated heterocycles. The second-order valence-corrected chi connectivity index (χ2v) is 10.4. The second-order valence-electron chi connectivity index (χ2n) is 8.77. The Balaban J connectivity index is 1.74. The highest BCUT2D eigenvalue weighted by atomic mass is 32.2. The summed E-state index contributed by atoms with van der Waals surface area (Å²) in [6.07, 6.45) is 2.86. The predicted octanol–water partition coefficient (Wildman–Crippen LogP) is 3.10. The van der Waals surface area contributed by atoms with Crippen LogP contribution in [0.25, 0.3) is 22.0 Å². The van der Waals surface area contributed by atoms with Crippen LogP contribution in [0.1, 0.15) is 12.5 Å². The van der Waals surface area contributed by atoms with Crippen molar-refractivity contribution < 1.29 is 22.3 Å². The molecule has 12 heteroatoms. The van der Waals surface area contributed by atoms with Gasteiger partial charge in [-0.2, -0.15) is 0 Å². The number of nitrogens with zero attached hydrogens (tertiary/aromatic N) is 3. The molecule has 0 aliphatic carbocycles. The zero-order valence-electron chi connectivity index (χ0n) is 21.1. The van der Waals surface area contributed by atoms with Gasteiger partial charge in [-0.15, -0.1) is 0 Å². The van der Waals surface area contributed by atoms with E-state index in [0.717, 1.165) is 6.07 Å². The maximum Gasteiger partial charge on any atom is 0.265 e. The van der Waals surface area contributed by atoms with Crippen molar-refractivity contribution in [2.75, 3.05) is 18.9 Å². The van der Waals surface area contributed by atoms with Gasteiger partial charge >= 0.3 is 0 Å². The monoisotopic (exact) mass is 539 g/mol. The summed E-state index contributed by atoms with van der Waals surface area (Å²) in [6.45, 7) is 3.51. The Morgan fingerprint density at radius 1 is 1.13 bits per heavy atom. The van der Waals surface area contributed by atoms with E-state index in [4.69, 9.17) is 4.74 Å². The Kier molecular flexibility index (Phi) is 7.44. The van der Waals surface area contributed by atoms with Crippen molar-refractivity contribution in [2.24, 2.45) is 5.92 Å². The fraction of sp³-hybridized carbons (Fsp3) is 0.231. The van der Waals surface area contributed by atoms with Gasteiger partial charge in [-0.1, -0.05) is 19.1 Å². The number of halogens is 1. The first-order valence-corrected chi connectivity index (χ1v) is 13.1. The molecule has 0 fully saturated rings. The van der Waals surface area contributed by atoms with Gasteiger partial charge in [0.05, 0.1) is 30.3 Å². The molecule has 2 aromatic carbocycles. The highest BCUT2D eigenvalue weighted by Gasteiger charge is 2.22. The number of hydrogen-bond acceptors (Lipinski definition) is 7. The number of aryl methyl sites for hydroxylation is 1. The number of benzene rings is 2. The van der Waals surface area contributed by atoms with Gasteiger partial charge in [-0.3, -0.25) is 18.9 Å². The summed E-state index contributed by atoms with van der Waals surface area (Å²) >= 11 is 0. The molecule has 2 N–H and O–H groups in total. The number of carbonyl (C=O) groups excluding carboxylic acids is 1. The smallest absolute Gasteiger partial charge is 0.265 e. The molecule has 2 aromatic heterocycles. The highest BCUT2D eigenvalue weighted by Crippen LogP contribution is 2.31. The van der Waals surface area contributed by atoms with Crippen molar-refractivity contribution in [2.45, 2.75) is 25.3 Å². The average molecular weight is 540 g/mol. The number of nitrogens with one attached hydrogen (secondary N) is 2. The number of hydrogen-bond donors (Lipinski definition) is 2.